The number of aliphatic imine (C=N–C) groups is 1. The van der Waals surface area contributed by atoms with E-state index >= 15 is 0 Å². The van der Waals surface area contributed by atoms with Crippen molar-refractivity contribution in [2.45, 2.75) is 66.9 Å². The average Bonchev–Trinajstić information content (AvgIpc) is 3.56. The number of benzene rings is 2. The number of nitrogens with one attached hydrogen (secondary N) is 1. The molecule has 0 fully saturated rings. The molecular formula is C31H42N8O. The molecule has 9 nitrogen and oxygen atoms in total. The number of aromatic amines is 1. The molecule has 0 radical (unpaired) electrons. The Morgan fingerprint density at radius 3 is 2.48 bits per heavy atom. The summed E-state index contributed by atoms with van der Waals surface area (Å²) in [4.78, 5) is 12.5. The van der Waals surface area contributed by atoms with E-state index in [0.29, 0.717) is 18.3 Å². The van der Waals surface area contributed by atoms with Gasteiger partial charge in [-0.25, -0.2) is 4.99 Å². The molecule has 2 atom stereocenters. The molecule has 1 N–H and O–H groups in total. The van der Waals surface area contributed by atoms with Gasteiger partial charge in [0.15, 0.2) is 5.84 Å². The second kappa shape index (κ2) is 11.4. The van der Waals surface area contributed by atoms with Crippen molar-refractivity contribution in [3.63, 3.8) is 0 Å². The molecule has 2 aliphatic heterocycles. The fraction of sp³-hybridized carbons (Fsp3) is 0.484. The number of H-pyrrole nitrogens is 1. The molecule has 2 unspecified atom stereocenters. The molecule has 212 valence electrons. The Balaban J connectivity index is 1.55. The van der Waals surface area contributed by atoms with E-state index < -0.39 is 0 Å². The number of hydrogen-bond donors (Lipinski definition) is 1. The lowest BCUT2D eigenvalue weighted by molar-refractivity contribution is -0.00132. The Labute approximate surface area is 237 Å². The first kappa shape index (κ1) is 27.8. The molecule has 3 aromatic rings. The van der Waals surface area contributed by atoms with E-state index in [9.17, 15) is 0 Å². The van der Waals surface area contributed by atoms with Crippen LogP contribution in [0.1, 0.15) is 53.5 Å². The summed E-state index contributed by atoms with van der Waals surface area (Å²) in [6, 6.07) is 16.9. The van der Waals surface area contributed by atoms with Crippen molar-refractivity contribution in [2.24, 2.45) is 16.3 Å². The maximum Gasteiger partial charge on any atom is 0.205 e. The summed E-state index contributed by atoms with van der Waals surface area (Å²) in [6.45, 7) is 15.9. The third kappa shape index (κ3) is 6.04. The van der Waals surface area contributed by atoms with Crippen LogP contribution in [0.4, 0.5) is 0 Å². The number of aromatic nitrogens is 4. The lowest BCUT2D eigenvalue weighted by atomic mass is 9.90. The minimum atomic E-state index is -0.0812. The summed E-state index contributed by atoms with van der Waals surface area (Å²) < 4.78 is 5.80. The van der Waals surface area contributed by atoms with E-state index in [0.717, 1.165) is 47.9 Å². The average molecular weight is 543 g/mol. The minimum absolute atomic E-state index is 0.0224. The number of fused-ring (bicyclic) bond motifs is 1. The molecule has 2 aromatic carbocycles. The fourth-order valence-corrected chi connectivity index (χ4v) is 5.50. The number of nitrogens with zero attached hydrogens (tertiary/aromatic N) is 7. The van der Waals surface area contributed by atoms with Crippen molar-refractivity contribution in [2.75, 3.05) is 20.3 Å². The highest BCUT2D eigenvalue weighted by atomic mass is 16.5. The van der Waals surface area contributed by atoms with Gasteiger partial charge < -0.3 is 19.4 Å². The summed E-state index contributed by atoms with van der Waals surface area (Å²) in [7, 11) is 1.77. The molecule has 9 heteroatoms. The van der Waals surface area contributed by atoms with Gasteiger partial charge in [-0.2, -0.15) is 5.21 Å². The van der Waals surface area contributed by atoms with E-state index in [4.69, 9.17) is 9.73 Å². The van der Waals surface area contributed by atoms with Gasteiger partial charge in [0.25, 0.3) is 0 Å². The van der Waals surface area contributed by atoms with Gasteiger partial charge in [0.2, 0.25) is 5.82 Å². The van der Waals surface area contributed by atoms with Crippen LogP contribution < -0.4 is 0 Å². The van der Waals surface area contributed by atoms with Crippen molar-refractivity contribution >= 4 is 5.84 Å². The van der Waals surface area contributed by atoms with E-state index in [1.165, 1.54) is 5.56 Å². The van der Waals surface area contributed by atoms with Gasteiger partial charge in [0.05, 0.1) is 12.4 Å². The first-order valence-electron chi connectivity index (χ1n) is 14.1. The summed E-state index contributed by atoms with van der Waals surface area (Å²) >= 11 is 0. The molecule has 3 heterocycles. The predicted molar refractivity (Wildman–Crippen MR) is 159 cm³/mol. The lowest BCUT2D eigenvalue weighted by Crippen LogP contribution is -2.50. The van der Waals surface area contributed by atoms with Crippen LogP contribution in [0.5, 0.6) is 0 Å². The Morgan fingerprint density at radius 2 is 1.82 bits per heavy atom. The highest BCUT2D eigenvalue weighted by Gasteiger charge is 2.40. The van der Waals surface area contributed by atoms with Gasteiger partial charge in [0.1, 0.15) is 12.4 Å². The van der Waals surface area contributed by atoms with E-state index in [1.54, 1.807) is 7.11 Å². The number of methoxy groups -OCH3 is 1. The third-order valence-electron chi connectivity index (χ3n) is 7.36. The van der Waals surface area contributed by atoms with Crippen molar-refractivity contribution < 1.29 is 4.74 Å². The quantitative estimate of drug-likeness (QED) is 0.378. The fourth-order valence-electron chi connectivity index (χ4n) is 5.50. The molecular weight excluding hydrogens is 500 g/mol. The first-order chi connectivity index (χ1) is 19.1. The van der Waals surface area contributed by atoms with Crippen LogP contribution in [0.2, 0.25) is 0 Å². The SMILES string of the molecule is COC(C)N1CN(CC(C)C)C=C2C1=NC(CC(C)(C)C)N2Cc1ccc(-c2ccccc2)c(-c2nn[nH]n2)c1. The highest BCUT2D eigenvalue weighted by Crippen LogP contribution is 2.37. The van der Waals surface area contributed by atoms with E-state index in [1.807, 2.05) is 6.07 Å². The largest absolute Gasteiger partial charge is 0.362 e. The van der Waals surface area contributed by atoms with Gasteiger partial charge >= 0.3 is 0 Å². The number of ether oxygens (including phenoxy) is 1. The Hall–Kier alpha value is -3.72. The molecule has 0 saturated carbocycles. The maximum absolute atomic E-state index is 5.80. The summed E-state index contributed by atoms with van der Waals surface area (Å²) in [5.74, 6) is 2.15. The van der Waals surface area contributed by atoms with Gasteiger partial charge in [-0.1, -0.05) is 77.1 Å². The monoisotopic (exact) mass is 542 g/mol. The smallest absolute Gasteiger partial charge is 0.205 e. The van der Waals surface area contributed by atoms with Crippen LogP contribution in [0.25, 0.3) is 22.5 Å². The number of rotatable bonds is 9. The van der Waals surface area contributed by atoms with Gasteiger partial charge in [-0.05, 0) is 52.6 Å². The summed E-state index contributed by atoms with van der Waals surface area (Å²) in [5.41, 5.74) is 5.59. The van der Waals surface area contributed by atoms with Gasteiger partial charge in [-0.3, -0.25) is 0 Å². The number of amidine groups is 1. The number of hydrogen-bond acceptors (Lipinski definition) is 8. The van der Waals surface area contributed by atoms with Crippen LogP contribution in [0, 0.1) is 11.3 Å². The molecule has 0 aliphatic carbocycles. The molecule has 0 spiro atoms. The molecule has 0 amide bonds. The van der Waals surface area contributed by atoms with Crippen LogP contribution in [-0.2, 0) is 11.3 Å². The standard InChI is InChI=1S/C31H42N8O/c1-21(2)17-37-19-27-30(39(20-37)22(3)40-7)32-28(16-31(4,5)6)38(27)18-23-13-14-25(24-11-9-8-10-12-24)26(15-23)29-33-35-36-34-29/h8-15,19,21-22,28H,16-18,20H2,1-7H3,(H,33,34,35,36). The van der Waals surface area contributed by atoms with Gasteiger partial charge in [-0.15, -0.1) is 10.2 Å². The van der Waals surface area contributed by atoms with Crippen molar-refractivity contribution in [1.29, 1.82) is 0 Å². The van der Waals surface area contributed by atoms with Crippen molar-refractivity contribution in [3.8, 4) is 22.5 Å². The zero-order valence-electron chi connectivity index (χ0n) is 24.8. The Bertz CT molecular complexity index is 1340. The van der Waals surface area contributed by atoms with Crippen LogP contribution >= 0.6 is 0 Å². The minimum Gasteiger partial charge on any atom is -0.362 e. The van der Waals surface area contributed by atoms with Crippen LogP contribution in [0.15, 0.2) is 65.4 Å². The molecule has 5 rings (SSSR count). The maximum atomic E-state index is 5.80. The van der Waals surface area contributed by atoms with Crippen molar-refractivity contribution in [3.05, 3.63) is 66.0 Å². The van der Waals surface area contributed by atoms with Crippen molar-refractivity contribution in [1.82, 2.24) is 35.3 Å². The zero-order valence-corrected chi connectivity index (χ0v) is 24.8. The third-order valence-corrected chi connectivity index (χ3v) is 7.36. The second-order valence-corrected chi connectivity index (χ2v) is 12.4. The summed E-state index contributed by atoms with van der Waals surface area (Å²) in [5, 5.41) is 15.1. The Kier molecular flexibility index (Phi) is 7.94. The van der Waals surface area contributed by atoms with E-state index in [-0.39, 0.29) is 17.8 Å². The molecule has 1 aromatic heterocycles. The zero-order chi connectivity index (χ0) is 28.4. The lowest BCUT2D eigenvalue weighted by Gasteiger charge is -2.41. The van der Waals surface area contributed by atoms with Gasteiger partial charge in [0, 0.05) is 32.0 Å². The normalized spacial score (nSPS) is 18.2. The molecule has 0 bridgehead atoms. The summed E-state index contributed by atoms with van der Waals surface area (Å²) in [6.07, 6.45) is 3.18. The molecule has 2 aliphatic rings. The first-order valence-corrected chi connectivity index (χ1v) is 14.1. The topological polar surface area (TPSA) is 85.8 Å². The van der Waals surface area contributed by atoms with Crippen LogP contribution in [0.3, 0.4) is 0 Å². The highest BCUT2D eigenvalue weighted by molar-refractivity contribution is 6.00. The van der Waals surface area contributed by atoms with E-state index in [2.05, 4.69) is 126 Å². The second-order valence-electron chi connectivity index (χ2n) is 12.4. The van der Waals surface area contributed by atoms with Crippen LogP contribution in [-0.4, -0.2) is 73.9 Å². The number of tetrazole rings is 1. The predicted octanol–water partition coefficient (Wildman–Crippen LogP) is 5.58. The Morgan fingerprint density at radius 1 is 1.05 bits per heavy atom. The molecule has 40 heavy (non-hydrogen) atoms. The molecule has 0 saturated heterocycles.